The van der Waals surface area contributed by atoms with Crippen LogP contribution in [-0.2, 0) is 16.0 Å². The summed E-state index contributed by atoms with van der Waals surface area (Å²) < 4.78 is 0. The molecule has 188 valence electrons. The lowest BCUT2D eigenvalue weighted by Crippen LogP contribution is -2.63. The van der Waals surface area contributed by atoms with Gasteiger partial charge in [0.2, 0.25) is 5.78 Å². The molecule has 0 bridgehead atoms. The quantitative estimate of drug-likeness (QED) is 0.194. The van der Waals surface area contributed by atoms with Gasteiger partial charge in [-0.15, -0.1) is 0 Å². The number of nitrogens with two attached hydrogens (primary N) is 2. The molecule has 11 heteroatoms. The van der Waals surface area contributed by atoms with Crippen molar-refractivity contribution in [2.75, 3.05) is 38.3 Å². The first-order valence-corrected chi connectivity index (χ1v) is 11.3. The minimum absolute atomic E-state index is 0.0244. The molecule has 3 aliphatic rings. The van der Waals surface area contributed by atoms with Crippen molar-refractivity contribution in [2.24, 2.45) is 17.6 Å². The highest BCUT2D eigenvalue weighted by Crippen LogP contribution is 2.53. The van der Waals surface area contributed by atoms with Crippen molar-refractivity contribution >= 4 is 28.8 Å². The number of aliphatic hydroxyl groups is 3. The predicted molar refractivity (Wildman–Crippen MR) is 127 cm³/mol. The van der Waals surface area contributed by atoms with Gasteiger partial charge in [0.1, 0.15) is 22.8 Å². The molecule has 4 atom stereocenters. The van der Waals surface area contributed by atoms with Gasteiger partial charge in [0.05, 0.1) is 17.3 Å². The van der Waals surface area contributed by atoms with E-state index in [-0.39, 0.29) is 29.7 Å². The molecule has 0 spiro atoms. The van der Waals surface area contributed by atoms with E-state index in [2.05, 4.69) is 0 Å². The number of fused-ring (bicyclic) bond motifs is 3. The third-order valence-electron chi connectivity index (χ3n) is 7.61. The van der Waals surface area contributed by atoms with Crippen LogP contribution in [0.5, 0.6) is 5.75 Å². The third-order valence-corrected chi connectivity index (χ3v) is 7.61. The van der Waals surface area contributed by atoms with Gasteiger partial charge < -0.3 is 36.8 Å². The smallest absolute Gasteiger partial charge is 0.255 e. The van der Waals surface area contributed by atoms with Crippen molar-refractivity contribution in [3.63, 3.8) is 0 Å². The molecule has 1 aromatic rings. The van der Waals surface area contributed by atoms with Gasteiger partial charge in [0, 0.05) is 30.8 Å². The molecule has 0 saturated carbocycles. The first-order valence-electron chi connectivity index (χ1n) is 11.3. The Balaban J connectivity index is 1.99. The SMILES string of the molecule is CCN(C)c1cc(N)c(O)c2c1CC1CC3[C@H](N(C)C)C(O)=C(C(N)=O)C(=O)C3(O)C(O)=C1C2=O. The molecule has 0 saturated heterocycles. The summed E-state index contributed by atoms with van der Waals surface area (Å²) in [6, 6.07) is 0.553. The normalized spacial score (nSPS) is 28.1. The first-order chi connectivity index (χ1) is 16.3. The van der Waals surface area contributed by atoms with Crippen LogP contribution in [0.15, 0.2) is 28.7 Å². The van der Waals surface area contributed by atoms with E-state index in [1.165, 1.54) is 4.90 Å². The molecular formula is C24H30N4O7. The Morgan fingerprint density at radius 3 is 2.37 bits per heavy atom. The van der Waals surface area contributed by atoms with E-state index < -0.39 is 63.8 Å². The molecule has 11 nitrogen and oxygen atoms in total. The lowest BCUT2D eigenvalue weighted by molar-refractivity contribution is -0.148. The third kappa shape index (κ3) is 3.15. The van der Waals surface area contributed by atoms with Crippen LogP contribution in [-0.4, -0.2) is 82.1 Å². The Bertz CT molecular complexity index is 1230. The number of nitrogen functional groups attached to an aromatic ring is 1. The van der Waals surface area contributed by atoms with Crippen molar-refractivity contribution in [3.05, 3.63) is 39.9 Å². The molecular weight excluding hydrogens is 456 g/mol. The Morgan fingerprint density at radius 1 is 1.20 bits per heavy atom. The fourth-order valence-corrected chi connectivity index (χ4v) is 5.83. The summed E-state index contributed by atoms with van der Waals surface area (Å²) in [7, 11) is 4.99. The maximum Gasteiger partial charge on any atom is 0.255 e. The summed E-state index contributed by atoms with van der Waals surface area (Å²) in [5.41, 5.74) is 8.66. The van der Waals surface area contributed by atoms with Crippen molar-refractivity contribution in [2.45, 2.75) is 31.4 Å². The van der Waals surface area contributed by atoms with Crippen molar-refractivity contribution in [1.82, 2.24) is 4.90 Å². The molecule has 0 aromatic heterocycles. The number of carbonyl (C=O) groups excluding carboxylic acids is 3. The zero-order chi connectivity index (χ0) is 26.1. The predicted octanol–water partition coefficient (Wildman–Crippen LogP) is 0.159. The number of hydrogen-bond donors (Lipinski definition) is 6. The molecule has 0 radical (unpaired) electrons. The van der Waals surface area contributed by atoms with Crippen LogP contribution in [0.4, 0.5) is 11.4 Å². The number of phenols is 1. The largest absolute Gasteiger partial charge is 0.510 e. The number of Topliss-reactive ketones (excluding diaryl/α,β-unsaturated/α-hetero) is 2. The molecule has 0 heterocycles. The molecule has 0 aliphatic heterocycles. The van der Waals surface area contributed by atoms with E-state index in [1.807, 2.05) is 18.9 Å². The molecule has 3 aliphatic carbocycles. The number of aliphatic hydroxyl groups excluding tert-OH is 2. The van der Waals surface area contributed by atoms with E-state index in [1.54, 1.807) is 20.2 Å². The van der Waals surface area contributed by atoms with E-state index in [4.69, 9.17) is 11.5 Å². The summed E-state index contributed by atoms with van der Waals surface area (Å²) in [5.74, 6) is -6.92. The molecule has 1 aromatic carbocycles. The van der Waals surface area contributed by atoms with Gasteiger partial charge in [-0.25, -0.2) is 0 Å². The Labute approximate surface area is 201 Å². The van der Waals surface area contributed by atoms with Crippen LogP contribution in [0, 0.1) is 11.8 Å². The van der Waals surface area contributed by atoms with Crippen LogP contribution in [0.2, 0.25) is 0 Å². The maximum absolute atomic E-state index is 13.7. The number of hydrogen-bond acceptors (Lipinski definition) is 10. The molecule has 1 amide bonds. The number of ketones is 2. The summed E-state index contributed by atoms with van der Waals surface area (Å²) in [5, 5.41) is 44.4. The zero-order valence-corrected chi connectivity index (χ0v) is 20.0. The van der Waals surface area contributed by atoms with Gasteiger partial charge in [-0.05, 0) is 51.4 Å². The second kappa shape index (κ2) is 7.99. The lowest BCUT2D eigenvalue weighted by Gasteiger charge is -2.50. The molecule has 3 unspecified atom stereocenters. The van der Waals surface area contributed by atoms with Crippen LogP contribution in [0.3, 0.4) is 0 Å². The molecule has 0 fully saturated rings. The minimum atomic E-state index is -2.66. The van der Waals surface area contributed by atoms with Gasteiger partial charge in [0.15, 0.2) is 11.4 Å². The fourth-order valence-electron chi connectivity index (χ4n) is 5.83. The lowest BCUT2D eigenvalue weighted by atomic mass is 9.58. The van der Waals surface area contributed by atoms with Gasteiger partial charge in [-0.1, -0.05) is 0 Å². The second-order valence-electron chi connectivity index (χ2n) is 9.66. The molecule has 4 rings (SSSR count). The number of amides is 1. The molecule has 35 heavy (non-hydrogen) atoms. The number of benzene rings is 1. The summed E-state index contributed by atoms with van der Waals surface area (Å²) >= 11 is 0. The summed E-state index contributed by atoms with van der Waals surface area (Å²) in [4.78, 5) is 42.4. The Morgan fingerprint density at radius 2 is 1.83 bits per heavy atom. The standard InChI is InChI=1S/C24H30N4O7/c1-5-28(4)13-8-12(25)18(29)15-10(13)6-9-7-11-17(27(2)3)20(31)16(23(26)34)22(33)24(11,35)21(32)14(9)19(15)30/h8-9,11,17,29,31-32,35H,5-7,25H2,1-4H3,(H2,26,34)/t9?,11?,17-,24?/m0/s1. The van der Waals surface area contributed by atoms with Crippen LogP contribution in [0.25, 0.3) is 0 Å². The highest BCUT2D eigenvalue weighted by molar-refractivity contribution is 6.25. The van der Waals surface area contributed by atoms with Gasteiger partial charge >= 0.3 is 0 Å². The van der Waals surface area contributed by atoms with E-state index in [9.17, 15) is 34.8 Å². The van der Waals surface area contributed by atoms with Gasteiger partial charge in [-0.3, -0.25) is 19.3 Å². The Kier molecular flexibility index (Phi) is 5.61. The first kappa shape index (κ1) is 24.6. The zero-order valence-electron chi connectivity index (χ0n) is 20.0. The number of likely N-dealkylation sites (N-methyl/N-ethyl adjacent to an activating group) is 1. The number of carbonyl (C=O) groups is 3. The number of rotatable bonds is 4. The van der Waals surface area contributed by atoms with E-state index >= 15 is 0 Å². The number of primary amides is 1. The molecule has 8 N–H and O–H groups in total. The van der Waals surface area contributed by atoms with Gasteiger partial charge in [-0.2, -0.15) is 0 Å². The average molecular weight is 487 g/mol. The van der Waals surface area contributed by atoms with Crippen LogP contribution in [0.1, 0.15) is 29.3 Å². The van der Waals surface area contributed by atoms with E-state index in [0.717, 1.165) is 0 Å². The maximum atomic E-state index is 13.7. The van der Waals surface area contributed by atoms with Crippen molar-refractivity contribution in [1.29, 1.82) is 0 Å². The van der Waals surface area contributed by atoms with Crippen LogP contribution >= 0.6 is 0 Å². The topological polar surface area (TPSA) is 191 Å². The number of allylic oxidation sites excluding steroid dienone is 1. The van der Waals surface area contributed by atoms with E-state index in [0.29, 0.717) is 17.8 Å². The number of aromatic hydroxyl groups is 1. The number of nitrogens with zero attached hydrogens (tertiary/aromatic N) is 2. The van der Waals surface area contributed by atoms with Gasteiger partial charge in [0.25, 0.3) is 5.91 Å². The number of phenolic OH excluding ortho intramolecular Hbond substituents is 1. The highest BCUT2D eigenvalue weighted by Gasteiger charge is 2.63. The second-order valence-corrected chi connectivity index (χ2v) is 9.66. The number of anilines is 2. The van der Waals surface area contributed by atoms with Crippen molar-refractivity contribution in [3.8, 4) is 5.75 Å². The Hall–Kier alpha value is -3.57. The summed E-state index contributed by atoms with van der Waals surface area (Å²) in [6.45, 7) is 2.51. The van der Waals surface area contributed by atoms with Crippen LogP contribution < -0.4 is 16.4 Å². The van der Waals surface area contributed by atoms with Crippen molar-refractivity contribution < 1.29 is 34.8 Å². The fraction of sp³-hybridized carbons (Fsp3) is 0.458. The highest BCUT2D eigenvalue weighted by atomic mass is 16.3. The summed E-state index contributed by atoms with van der Waals surface area (Å²) in [6.07, 6.45) is 0.244. The monoisotopic (exact) mass is 486 g/mol. The average Bonchev–Trinajstić information content (AvgIpc) is 2.77. The minimum Gasteiger partial charge on any atom is -0.510 e.